The standard InChI is InChI=1S/C19H15Cl2N5OS/c1-11(18(27)23-15-8-5-13(10-22)16(21)9-15)28-19-25-24-17(26(19)2)12-3-6-14(20)7-4-12/h3-9,11H,1-2H3,(H,23,27)/t11-/m1/s1. The van der Waals surface area contributed by atoms with Gasteiger partial charge in [0.15, 0.2) is 11.0 Å². The molecule has 28 heavy (non-hydrogen) atoms. The van der Waals surface area contributed by atoms with E-state index in [0.29, 0.717) is 32.3 Å². The summed E-state index contributed by atoms with van der Waals surface area (Å²) in [7, 11) is 1.84. The van der Waals surface area contributed by atoms with Crippen LogP contribution in [0.15, 0.2) is 47.6 Å². The molecule has 3 aromatic rings. The maximum absolute atomic E-state index is 12.5. The molecule has 0 fully saturated rings. The predicted octanol–water partition coefficient (Wildman–Crippen LogP) is 4.78. The van der Waals surface area contributed by atoms with Crippen molar-refractivity contribution in [1.29, 1.82) is 5.26 Å². The molecule has 1 heterocycles. The molecule has 3 rings (SSSR count). The first-order chi connectivity index (χ1) is 13.4. The molecule has 0 aliphatic carbocycles. The van der Waals surface area contributed by atoms with E-state index in [-0.39, 0.29) is 5.91 Å². The van der Waals surface area contributed by atoms with Gasteiger partial charge in [0.05, 0.1) is 15.8 Å². The first kappa shape index (κ1) is 20.2. The summed E-state index contributed by atoms with van der Waals surface area (Å²) in [5.74, 6) is 0.479. The Hall–Kier alpha value is -2.53. The highest BCUT2D eigenvalue weighted by molar-refractivity contribution is 8.00. The summed E-state index contributed by atoms with van der Waals surface area (Å²) < 4.78 is 1.83. The maximum atomic E-state index is 12.5. The van der Waals surface area contributed by atoms with Crippen molar-refractivity contribution < 1.29 is 4.79 Å². The second kappa shape index (κ2) is 8.65. The Bertz CT molecular complexity index is 1060. The van der Waals surface area contributed by atoms with Crippen LogP contribution < -0.4 is 5.32 Å². The molecule has 0 aliphatic rings. The second-order valence-electron chi connectivity index (χ2n) is 5.93. The number of anilines is 1. The molecular formula is C19H15Cl2N5OS. The Balaban J connectivity index is 1.70. The SMILES string of the molecule is C[C@@H](Sc1nnc(-c2ccc(Cl)cc2)n1C)C(=O)Nc1ccc(C#N)c(Cl)c1. The number of rotatable bonds is 5. The number of nitrogens with one attached hydrogen (secondary N) is 1. The van der Waals surface area contributed by atoms with Crippen LogP contribution in [-0.4, -0.2) is 25.9 Å². The molecule has 0 aliphatic heterocycles. The Labute approximate surface area is 176 Å². The lowest BCUT2D eigenvalue weighted by molar-refractivity contribution is -0.115. The normalized spacial score (nSPS) is 11.7. The van der Waals surface area contributed by atoms with Gasteiger partial charge in [0.1, 0.15) is 6.07 Å². The Kier molecular flexibility index (Phi) is 6.25. The third-order valence-corrected chi connectivity index (χ3v) is 5.64. The van der Waals surface area contributed by atoms with Crippen LogP contribution in [0.5, 0.6) is 0 Å². The number of carbonyl (C=O) groups is 1. The molecule has 142 valence electrons. The van der Waals surface area contributed by atoms with E-state index >= 15 is 0 Å². The minimum absolute atomic E-state index is 0.207. The maximum Gasteiger partial charge on any atom is 0.237 e. The quantitative estimate of drug-likeness (QED) is 0.587. The van der Waals surface area contributed by atoms with Crippen molar-refractivity contribution in [1.82, 2.24) is 14.8 Å². The average molecular weight is 432 g/mol. The number of halogens is 2. The number of hydrogen-bond donors (Lipinski definition) is 1. The van der Waals surface area contributed by atoms with Crippen LogP contribution in [0.2, 0.25) is 10.0 Å². The second-order valence-corrected chi connectivity index (χ2v) is 8.08. The summed E-state index contributed by atoms with van der Waals surface area (Å²) in [6, 6.07) is 14.1. The van der Waals surface area contributed by atoms with Gasteiger partial charge in [-0.3, -0.25) is 4.79 Å². The van der Waals surface area contributed by atoms with Crippen LogP contribution in [0.1, 0.15) is 12.5 Å². The van der Waals surface area contributed by atoms with Crippen LogP contribution in [0.25, 0.3) is 11.4 Å². The van der Waals surface area contributed by atoms with Gasteiger partial charge in [0, 0.05) is 23.3 Å². The number of nitrogens with zero attached hydrogens (tertiary/aromatic N) is 4. The van der Waals surface area contributed by atoms with Crippen molar-refractivity contribution in [3.05, 3.63) is 58.1 Å². The van der Waals surface area contributed by atoms with Crippen LogP contribution in [0.3, 0.4) is 0 Å². The zero-order valence-electron chi connectivity index (χ0n) is 15.0. The van der Waals surface area contributed by atoms with Crippen molar-refractivity contribution in [2.24, 2.45) is 7.05 Å². The van der Waals surface area contributed by atoms with E-state index in [4.69, 9.17) is 28.5 Å². The zero-order chi connectivity index (χ0) is 20.3. The summed E-state index contributed by atoms with van der Waals surface area (Å²) in [5.41, 5.74) is 1.77. The van der Waals surface area contributed by atoms with Crippen LogP contribution >= 0.6 is 35.0 Å². The minimum Gasteiger partial charge on any atom is -0.325 e. The summed E-state index contributed by atoms with van der Waals surface area (Å²) in [6.45, 7) is 1.78. The fourth-order valence-corrected chi connectivity index (χ4v) is 3.57. The lowest BCUT2D eigenvalue weighted by atomic mass is 10.2. The number of benzene rings is 2. The third kappa shape index (κ3) is 4.47. The number of aromatic nitrogens is 3. The highest BCUT2D eigenvalue weighted by Gasteiger charge is 2.20. The summed E-state index contributed by atoms with van der Waals surface area (Å²) in [4.78, 5) is 12.5. The van der Waals surface area contributed by atoms with E-state index in [1.165, 1.54) is 11.8 Å². The van der Waals surface area contributed by atoms with Crippen LogP contribution in [0, 0.1) is 11.3 Å². The van der Waals surface area contributed by atoms with Crippen molar-refractivity contribution in [2.45, 2.75) is 17.3 Å². The Morgan fingerprint density at radius 3 is 2.57 bits per heavy atom. The summed E-state index contributed by atoms with van der Waals surface area (Å²) >= 11 is 13.2. The molecule has 1 aromatic heterocycles. The zero-order valence-corrected chi connectivity index (χ0v) is 17.3. The molecule has 1 N–H and O–H groups in total. The smallest absolute Gasteiger partial charge is 0.237 e. The van der Waals surface area contributed by atoms with Crippen molar-refractivity contribution in [3.63, 3.8) is 0 Å². The molecular weight excluding hydrogens is 417 g/mol. The summed E-state index contributed by atoms with van der Waals surface area (Å²) in [6.07, 6.45) is 0. The molecule has 2 aromatic carbocycles. The molecule has 0 radical (unpaired) electrons. The van der Waals surface area contributed by atoms with Crippen molar-refractivity contribution in [2.75, 3.05) is 5.32 Å². The number of amides is 1. The van der Waals surface area contributed by atoms with E-state index in [1.807, 2.05) is 29.8 Å². The van der Waals surface area contributed by atoms with Gasteiger partial charge in [-0.25, -0.2) is 0 Å². The number of nitriles is 1. The molecule has 1 atom stereocenters. The molecule has 0 spiro atoms. The van der Waals surface area contributed by atoms with E-state index in [1.54, 1.807) is 37.3 Å². The van der Waals surface area contributed by atoms with Gasteiger partial charge in [-0.05, 0) is 49.4 Å². The van der Waals surface area contributed by atoms with Gasteiger partial charge < -0.3 is 9.88 Å². The molecule has 6 nitrogen and oxygen atoms in total. The van der Waals surface area contributed by atoms with E-state index < -0.39 is 5.25 Å². The van der Waals surface area contributed by atoms with Gasteiger partial charge >= 0.3 is 0 Å². The van der Waals surface area contributed by atoms with Gasteiger partial charge in [0.25, 0.3) is 0 Å². The van der Waals surface area contributed by atoms with Gasteiger partial charge in [-0.15, -0.1) is 10.2 Å². The highest BCUT2D eigenvalue weighted by atomic mass is 35.5. The molecule has 0 saturated carbocycles. The first-order valence-corrected chi connectivity index (χ1v) is 9.85. The highest BCUT2D eigenvalue weighted by Crippen LogP contribution is 2.27. The third-order valence-electron chi connectivity index (χ3n) is 3.95. The van der Waals surface area contributed by atoms with E-state index in [2.05, 4.69) is 15.5 Å². The van der Waals surface area contributed by atoms with E-state index in [0.717, 1.165) is 5.56 Å². The average Bonchev–Trinajstić information content (AvgIpc) is 3.03. The number of carbonyl (C=O) groups excluding carboxylic acids is 1. The molecule has 0 saturated heterocycles. The topological polar surface area (TPSA) is 83.6 Å². The van der Waals surface area contributed by atoms with Gasteiger partial charge in [-0.2, -0.15) is 5.26 Å². The van der Waals surface area contributed by atoms with Gasteiger partial charge in [0.2, 0.25) is 5.91 Å². The fraction of sp³-hybridized carbons (Fsp3) is 0.158. The first-order valence-electron chi connectivity index (χ1n) is 8.21. The lowest BCUT2D eigenvalue weighted by Gasteiger charge is -2.12. The Morgan fingerprint density at radius 1 is 1.21 bits per heavy atom. The van der Waals surface area contributed by atoms with Crippen molar-refractivity contribution in [3.8, 4) is 17.5 Å². The van der Waals surface area contributed by atoms with Crippen LogP contribution in [0.4, 0.5) is 5.69 Å². The van der Waals surface area contributed by atoms with Crippen LogP contribution in [-0.2, 0) is 11.8 Å². The number of thioether (sulfide) groups is 1. The molecule has 1 amide bonds. The van der Waals surface area contributed by atoms with Gasteiger partial charge in [-0.1, -0.05) is 35.0 Å². The summed E-state index contributed by atoms with van der Waals surface area (Å²) in [5, 5.41) is 21.2. The monoisotopic (exact) mass is 431 g/mol. The largest absolute Gasteiger partial charge is 0.325 e. The van der Waals surface area contributed by atoms with Crippen molar-refractivity contribution >= 4 is 46.6 Å². The Morgan fingerprint density at radius 2 is 1.93 bits per heavy atom. The minimum atomic E-state index is -0.421. The van der Waals surface area contributed by atoms with E-state index in [9.17, 15) is 4.79 Å². The fourth-order valence-electron chi connectivity index (χ4n) is 2.41. The molecule has 9 heteroatoms. The number of hydrogen-bond acceptors (Lipinski definition) is 5. The molecule has 0 unspecified atom stereocenters. The predicted molar refractivity (Wildman–Crippen MR) is 112 cm³/mol. The molecule has 0 bridgehead atoms. The lowest BCUT2D eigenvalue weighted by Crippen LogP contribution is -2.22.